The second-order valence-corrected chi connectivity index (χ2v) is 12.9. The summed E-state index contributed by atoms with van der Waals surface area (Å²) in [5.74, 6) is 0.0177. The number of carbonyl (C=O) groups excluding carboxylic acids is 2. The van der Waals surface area contributed by atoms with Crippen LogP contribution >= 0.6 is 0 Å². The number of rotatable bonds is 32. The number of carbonyl (C=O) groups is 2. The van der Waals surface area contributed by atoms with E-state index in [2.05, 4.69) is 57.2 Å². The van der Waals surface area contributed by atoms with Gasteiger partial charge in [0.05, 0.1) is 12.2 Å². The minimum atomic E-state index is -1.07. The van der Waals surface area contributed by atoms with E-state index in [4.69, 9.17) is 9.47 Å². The van der Waals surface area contributed by atoms with Gasteiger partial charge in [-0.25, -0.2) is 0 Å². The highest BCUT2D eigenvalue weighted by Gasteiger charge is 2.16. The molecule has 47 heavy (non-hydrogen) atoms. The number of aliphatic hydroxyl groups is 3. The predicted octanol–water partition coefficient (Wildman–Crippen LogP) is 9.25. The van der Waals surface area contributed by atoms with Gasteiger partial charge in [0.25, 0.3) is 0 Å². The van der Waals surface area contributed by atoms with Crippen LogP contribution in [0.1, 0.15) is 156 Å². The van der Waals surface area contributed by atoms with Crippen LogP contribution in [0.3, 0.4) is 0 Å². The summed E-state index contributed by atoms with van der Waals surface area (Å²) >= 11 is 0. The molecule has 0 aromatic heterocycles. The van der Waals surface area contributed by atoms with Gasteiger partial charge in [0.15, 0.2) is 0 Å². The Morgan fingerprint density at radius 2 is 1.00 bits per heavy atom. The van der Waals surface area contributed by atoms with Crippen LogP contribution in [0.4, 0.5) is 0 Å². The van der Waals surface area contributed by atoms with Crippen LogP contribution < -0.4 is 0 Å². The minimum Gasteiger partial charge on any atom is -0.463 e. The van der Waals surface area contributed by atoms with E-state index >= 15 is 0 Å². The van der Waals surface area contributed by atoms with E-state index in [0.29, 0.717) is 19.3 Å². The maximum Gasteiger partial charge on any atom is 0.305 e. The SMILES string of the molecule is CC/C=C\C/C=C\C/C=C\C/C=C\C[C@H](O)[C@@H](O)CCCC(=O)OC[C@H](O)COC(=O)CCCCCCCCCCCCC(C)CC. The first-order valence-corrected chi connectivity index (χ1v) is 18.7. The van der Waals surface area contributed by atoms with Gasteiger partial charge in [0.1, 0.15) is 19.3 Å². The Bertz CT molecular complexity index is 848. The summed E-state index contributed by atoms with van der Waals surface area (Å²) in [6.07, 6.45) is 33.4. The molecule has 1 unspecified atom stereocenters. The highest BCUT2D eigenvalue weighted by Crippen LogP contribution is 2.16. The maximum absolute atomic E-state index is 12.0. The highest BCUT2D eigenvalue weighted by molar-refractivity contribution is 5.69. The number of hydrogen-bond donors (Lipinski definition) is 3. The summed E-state index contributed by atoms with van der Waals surface area (Å²) in [5.41, 5.74) is 0. The van der Waals surface area contributed by atoms with Crippen molar-refractivity contribution in [3.05, 3.63) is 48.6 Å². The molecule has 0 bridgehead atoms. The van der Waals surface area contributed by atoms with Crippen LogP contribution in [0.2, 0.25) is 0 Å². The summed E-state index contributed by atoms with van der Waals surface area (Å²) in [6, 6.07) is 0. The summed E-state index contributed by atoms with van der Waals surface area (Å²) < 4.78 is 10.2. The third-order valence-corrected chi connectivity index (χ3v) is 8.32. The van der Waals surface area contributed by atoms with Crippen molar-refractivity contribution in [3.8, 4) is 0 Å². The van der Waals surface area contributed by atoms with Crippen LogP contribution in [0, 0.1) is 5.92 Å². The number of esters is 2. The van der Waals surface area contributed by atoms with E-state index in [0.717, 1.165) is 50.9 Å². The fourth-order valence-electron chi connectivity index (χ4n) is 4.97. The third-order valence-electron chi connectivity index (χ3n) is 8.32. The van der Waals surface area contributed by atoms with Crippen LogP contribution in [-0.2, 0) is 19.1 Å². The number of hydrogen-bond acceptors (Lipinski definition) is 7. The second kappa shape index (κ2) is 33.7. The zero-order valence-corrected chi connectivity index (χ0v) is 30.2. The van der Waals surface area contributed by atoms with Crippen molar-refractivity contribution >= 4 is 11.9 Å². The average Bonchev–Trinajstić information content (AvgIpc) is 3.06. The maximum atomic E-state index is 12.0. The first kappa shape index (κ1) is 44.8. The Kier molecular flexibility index (Phi) is 32.1. The molecule has 4 atom stereocenters. The van der Waals surface area contributed by atoms with E-state index in [1.807, 2.05) is 12.2 Å². The van der Waals surface area contributed by atoms with Crippen LogP contribution in [0.5, 0.6) is 0 Å². The molecular weight excluding hydrogens is 592 g/mol. The van der Waals surface area contributed by atoms with Crippen molar-refractivity contribution in [1.82, 2.24) is 0 Å². The molecule has 0 fully saturated rings. The molecule has 0 aliphatic heterocycles. The first-order valence-electron chi connectivity index (χ1n) is 18.7. The quantitative estimate of drug-likeness (QED) is 0.0374. The molecule has 0 amide bonds. The third kappa shape index (κ3) is 32.1. The zero-order valence-electron chi connectivity index (χ0n) is 30.2. The van der Waals surface area contributed by atoms with Gasteiger partial charge < -0.3 is 24.8 Å². The zero-order chi connectivity index (χ0) is 34.8. The smallest absolute Gasteiger partial charge is 0.305 e. The van der Waals surface area contributed by atoms with Crippen LogP contribution in [0.25, 0.3) is 0 Å². The fourth-order valence-corrected chi connectivity index (χ4v) is 4.97. The van der Waals surface area contributed by atoms with Gasteiger partial charge in [0.2, 0.25) is 0 Å². The molecule has 0 aliphatic carbocycles. The summed E-state index contributed by atoms with van der Waals surface area (Å²) in [4.78, 5) is 23.9. The van der Waals surface area contributed by atoms with E-state index in [-0.39, 0.29) is 32.0 Å². The predicted molar refractivity (Wildman–Crippen MR) is 194 cm³/mol. The molecule has 272 valence electrons. The summed E-state index contributed by atoms with van der Waals surface area (Å²) in [5, 5.41) is 30.3. The topological polar surface area (TPSA) is 113 Å². The number of ether oxygens (including phenoxy) is 2. The standard InChI is InChI=1S/C40H70O7/c1-4-6-7-8-9-10-11-12-16-19-22-25-29-37(42)38(43)30-27-32-40(45)47-34-36(41)33-46-39(44)31-26-23-20-17-14-13-15-18-21-24-28-35(3)5-2/h6-7,9-10,12,16,22,25,35-38,41-43H,4-5,8,11,13-15,17-21,23-24,26-34H2,1-3H3/b7-6-,10-9-,16-12-,25-22-/t35?,36-,37+,38+/m1/s1. The molecule has 0 aliphatic rings. The Morgan fingerprint density at radius 3 is 1.51 bits per heavy atom. The van der Waals surface area contributed by atoms with Gasteiger partial charge in [-0.2, -0.15) is 0 Å². The molecular formula is C40H70O7. The first-order chi connectivity index (χ1) is 22.8. The lowest BCUT2D eigenvalue weighted by molar-refractivity contribution is -0.152. The van der Waals surface area contributed by atoms with E-state index < -0.39 is 24.3 Å². The van der Waals surface area contributed by atoms with Gasteiger partial charge in [-0.1, -0.05) is 140 Å². The number of unbranched alkanes of at least 4 members (excludes halogenated alkanes) is 9. The molecule has 0 rings (SSSR count). The fraction of sp³-hybridized carbons (Fsp3) is 0.750. The molecule has 7 heteroatoms. The normalized spacial score (nSPS) is 14.8. The highest BCUT2D eigenvalue weighted by atomic mass is 16.6. The molecule has 0 spiro atoms. The Hall–Kier alpha value is -2.22. The Balaban J connectivity index is 3.72. The molecule has 7 nitrogen and oxygen atoms in total. The lowest BCUT2D eigenvalue weighted by Gasteiger charge is -2.16. The van der Waals surface area contributed by atoms with Crippen molar-refractivity contribution in [3.63, 3.8) is 0 Å². The van der Waals surface area contributed by atoms with Gasteiger partial charge >= 0.3 is 11.9 Å². The molecule has 0 saturated heterocycles. The van der Waals surface area contributed by atoms with Crippen molar-refractivity contribution in [1.29, 1.82) is 0 Å². The lowest BCUT2D eigenvalue weighted by Crippen LogP contribution is -2.26. The van der Waals surface area contributed by atoms with E-state index in [1.165, 1.54) is 57.8 Å². The van der Waals surface area contributed by atoms with Gasteiger partial charge in [-0.3, -0.25) is 9.59 Å². The van der Waals surface area contributed by atoms with Gasteiger partial charge in [-0.05, 0) is 57.3 Å². The molecule has 0 saturated carbocycles. The van der Waals surface area contributed by atoms with E-state index in [1.54, 1.807) is 0 Å². The monoisotopic (exact) mass is 663 g/mol. The second-order valence-electron chi connectivity index (χ2n) is 12.9. The van der Waals surface area contributed by atoms with E-state index in [9.17, 15) is 24.9 Å². The van der Waals surface area contributed by atoms with Gasteiger partial charge in [0, 0.05) is 12.8 Å². The van der Waals surface area contributed by atoms with Crippen molar-refractivity contribution in [2.24, 2.45) is 5.92 Å². The molecule has 0 aromatic carbocycles. The molecule has 0 radical (unpaired) electrons. The van der Waals surface area contributed by atoms with Gasteiger partial charge in [-0.15, -0.1) is 0 Å². The van der Waals surface area contributed by atoms with Crippen LogP contribution in [0.15, 0.2) is 48.6 Å². The van der Waals surface area contributed by atoms with Crippen molar-refractivity contribution < 1.29 is 34.4 Å². The average molecular weight is 663 g/mol. The van der Waals surface area contributed by atoms with Crippen molar-refractivity contribution in [2.75, 3.05) is 13.2 Å². The summed E-state index contributed by atoms with van der Waals surface area (Å²) in [7, 11) is 0. The Labute approximate surface area is 287 Å². The van der Waals surface area contributed by atoms with Crippen LogP contribution in [-0.4, -0.2) is 58.8 Å². The number of aliphatic hydroxyl groups excluding tert-OH is 3. The number of allylic oxidation sites excluding steroid dienone is 7. The Morgan fingerprint density at radius 1 is 0.553 bits per heavy atom. The minimum absolute atomic E-state index is 0.0681. The lowest BCUT2D eigenvalue weighted by atomic mass is 9.99. The molecule has 3 N–H and O–H groups in total. The largest absolute Gasteiger partial charge is 0.463 e. The molecule has 0 heterocycles. The molecule has 0 aromatic rings. The van der Waals surface area contributed by atoms with Crippen molar-refractivity contribution in [2.45, 2.75) is 174 Å². The summed E-state index contributed by atoms with van der Waals surface area (Å²) in [6.45, 7) is 6.27.